The number of rotatable bonds is 4. The molecule has 1 aliphatic rings. The molecule has 3 N–H and O–H groups in total. The van der Waals surface area contributed by atoms with Crippen molar-refractivity contribution in [3.63, 3.8) is 0 Å². The molecule has 15 heavy (non-hydrogen) atoms. The van der Waals surface area contributed by atoms with Crippen LogP contribution in [0.3, 0.4) is 0 Å². The largest absolute Gasteiger partial charge is 0.480 e. The van der Waals surface area contributed by atoms with E-state index in [0.29, 0.717) is 6.42 Å². The molecule has 1 rings (SSSR count). The quantitative estimate of drug-likeness (QED) is 0.666. The Morgan fingerprint density at radius 3 is 2.60 bits per heavy atom. The van der Waals surface area contributed by atoms with Gasteiger partial charge in [-0.15, -0.1) is 0 Å². The molecular formula is C8H16N2O4S. The lowest BCUT2D eigenvalue weighted by Crippen LogP contribution is -2.50. The Kier molecular flexibility index (Phi) is 3.37. The van der Waals surface area contributed by atoms with Crippen LogP contribution in [0.25, 0.3) is 0 Å². The predicted octanol–water partition coefficient (Wildman–Crippen LogP) is -0.786. The summed E-state index contributed by atoms with van der Waals surface area (Å²) in [4.78, 5) is 10.8. The van der Waals surface area contributed by atoms with Crippen LogP contribution in [0.5, 0.6) is 0 Å². The molecule has 1 saturated heterocycles. The summed E-state index contributed by atoms with van der Waals surface area (Å²) in [5.74, 6) is -1.10. The average Bonchev–Trinajstić information content (AvgIpc) is 2.50. The van der Waals surface area contributed by atoms with E-state index in [1.165, 1.54) is 4.31 Å². The molecule has 7 heteroatoms. The highest BCUT2D eigenvalue weighted by atomic mass is 32.2. The second kappa shape index (κ2) is 4.07. The summed E-state index contributed by atoms with van der Waals surface area (Å²) in [5, 5.41) is 8.84. The van der Waals surface area contributed by atoms with Crippen LogP contribution in [0.2, 0.25) is 0 Å². The van der Waals surface area contributed by atoms with Crippen LogP contribution in [-0.2, 0) is 14.8 Å². The Bertz CT molecular complexity index is 354. The van der Waals surface area contributed by atoms with E-state index in [9.17, 15) is 13.2 Å². The van der Waals surface area contributed by atoms with Crippen molar-refractivity contribution in [3.8, 4) is 0 Å². The monoisotopic (exact) mass is 236 g/mol. The molecule has 0 saturated carbocycles. The van der Waals surface area contributed by atoms with E-state index in [4.69, 9.17) is 10.8 Å². The minimum atomic E-state index is -3.32. The lowest BCUT2D eigenvalue weighted by molar-refractivity contribution is -0.142. The van der Waals surface area contributed by atoms with Gasteiger partial charge < -0.3 is 10.8 Å². The van der Waals surface area contributed by atoms with Crippen LogP contribution >= 0.6 is 0 Å². The number of nitrogens with zero attached hydrogens (tertiary/aromatic N) is 1. The lowest BCUT2D eigenvalue weighted by atomic mass is 10.0. The maximum atomic E-state index is 11.6. The third-order valence-electron chi connectivity index (χ3n) is 2.55. The Hall–Kier alpha value is -0.660. The van der Waals surface area contributed by atoms with E-state index in [1.807, 2.05) is 0 Å². The number of carboxylic acid groups (broad SMARTS) is 1. The van der Waals surface area contributed by atoms with Crippen LogP contribution in [0, 0.1) is 0 Å². The fraction of sp³-hybridized carbons (Fsp3) is 0.875. The summed E-state index contributed by atoms with van der Waals surface area (Å²) in [6.07, 6.45) is 0.689. The summed E-state index contributed by atoms with van der Waals surface area (Å²) in [5.41, 5.74) is 4.16. The number of hydrogen-bond acceptors (Lipinski definition) is 4. The second-order valence-corrected chi connectivity index (χ2v) is 5.95. The van der Waals surface area contributed by atoms with Gasteiger partial charge in [0.1, 0.15) is 5.54 Å². The molecule has 0 bridgehead atoms. The molecule has 88 valence electrons. The molecule has 0 radical (unpaired) electrons. The lowest BCUT2D eigenvalue weighted by Gasteiger charge is -2.19. The highest BCUT2D eigenvalue weighted by molar-refractivity contribution is 7.89. The average molecular weight is 236 g/mol. The molecule has 0 spiro atoms. The van der Waals surface area contributed by atoms with Crippen LogP contribution in [-0.4, -0.2) is 48.2 Å². The molecule has 0 aromatic heterocycles. The first-order chi connectivity index (χ1) is 6.82. The van der Waals surface area contributed by atoms with E-state index in [0.717, 1.165) is 0 Å². The molecule has 1 atom stereocenters. The number of aliphatic carboxylic acids is 1. The molecule has 6 nitrogen and oxygen atoms in total. The maximum absolute atomic E-state index is 11.6. The summed E-state index contributed by atoms with van der Waals surface area (Å²) in [6, 6.07) is 0. The number of sulfonamides is 1. The Morgan fingerprint density at radius 1 is 1.60 bits per heavy atom. The highest BCUT2D eigenvalue weighted by Crippen LogP contribution is 2.22. The van der Waals surface area contributed by atoms with E-state index in [-0.39, 0.29) is 25.3 Å². The normalized spacial score (nSPS) is 28.1. The summed E-state index contributed by atoms with van der Waals surface area (Å²) in [7, 11) is -3.32. The molecule has 1 unspecified atom stereocenters. The van der Waals surface area contributed by atoms with Gasteiger partial charge in [-0.25, -0.2) is 8.42 Å². The number of hydrogen-bond donors (Lipinski definition) is 2. The van der Waals surface area contributed by atoms with Gasteiger partial charge in [-0.3, -0.25) is 4.79 Å². The summed E-state index contributed by atoms with van der Waals surface area (Å²) < 4.78 is 24.4. The Labute approximate surface area is 89.1 Å². The van der Waals surface area contributed by atoms with E-state index in [1.54, 1.807) is 6.92 Å². The van der Waals surface area contributed by atoms with E-state index < -0.39 is 21.5 Å². The van der Waals surface area contributed by atoms with Crippen molar-refractivity contribution < 1.29 is 18.3 Å². The third kappa shape index (κ3) is 2.47. The van der Waals surface area contributed by atoms with Crippen LogP contribution in [0.4, 0.5) is 0 Å². The van der Waals surface area contributed by atoms with Crippen molar-refractivity contribution in [3.05, 3.63) is 0 Å². The molecule has 0 aliphatic carbocycles. The summed E-state index contributed by atoms with van der Waals surface area (Å²) >= 11 is 0. The second-order valence-electron chi connectivity index (χ2n) is 3.86. The van der Waals surface area contributed by atoms with E-state index >= 15 is 0 Å². The van der Waals surface area contributed by atoms with Gasteiger partial charge in [0.2, 0.25) is 10.0 Å². The molecule has 0 amide bonds. The maximum Gasteiger partial charge on any atom is 0.325 e. The van der Waals surface area contributed by atoms with Crippen LogP contribution < -0.4 is 5.73 Å². The van der Waals surface area contributed by atoms with Crippen molar-refractivity contribution in [1.82, 2.24) is 4.31 Å². The molecule has 0 aromatic rings. The first-order valence-electron chi connectivity index (χ1n) is 4.82. The SMILES string of the molecule is CCCS(=O)(=O)N1CCC(N)(C(=O)O)C1. The number of carbonyl (C=O) groups is 1. The molecule has 1 fully saturated rings. The number of nitrogens with two attached hydrogens (primary N) is 1. The molecular weight excluding hydrogens is 220 g/mol. The zero-order valence-corrected chi connectivity index (χ0v) is 9.46. The minimum Gasteiger partial charge on any atom is -0.480 e. The van der Waals surface area contributed by atoms with E-state index in [2.05, 4.69) is 0 Å². The summed E-state index contributed by atoms with van der Waals surface area (Å²) in [6.45, 7) is 1.84. The van der Waals surface area contributed by atoms with Gasteiger partial charge in [0.25, 0.3) is 0 Å². The minimum absolute atomic E-state index is 0.0443. The van der Waals surface area contributed by atoms with Gasteiger partial charge in [0.05, 0.1) is 5.75 Å². The third-order valence-corrected chi connectivity index (χ3v) is 4.57. The van der Waals surface area contributed by atoms with Gasteiger partial charge in [-0.2, -0.15) is 4.31 Å². The van der Waals surface area contributed by atoms with Crippen LogP contribution in [0.15, 0.2) is 0 Å². The molecule has 0 aromatic carbocycles. The van der Waals surface area contributed by atoms with Crippen molar-refractivity contribution in [1.29, 1.82) is 0 Å². The number of carboxylic acids is 1. The van der Waals surface area contributed by atoms with Gasteiger partial charge in [-0.1, -0.05) is 6.92 Å². The first kappa shape index (κ1) is 12.4. The molecule has 1 heterocycles. The van der Waals surface area contributed by atoms with Gasteiger partial charge in [-0.05, 0) is 12.8 Å². The van der Waals surface area contributed by atoms with Gasteiger partial charge >= 0.3 is 5.97 Å². The smallest absolute Gasteiger partial charge is 0.325 e. The first-order valence-corrected chi connectivity index (χ1v) is 6.43. The van der Waals surface area contributed by atoms with Gasteiger partial charge in [0.15, 0.2) is 0 Å². The highest BCUT2D eigenvalue weighted by Gasteiger charge is 2.44. The fourth-order valence-electron chi connectivity index (χ4n) is 1.60. The van der Waals surface area contributed by atoms with Crippen molar-refractivity contribution in [2.75, 3.05) is 18.8 Å². The zero-order valence-electron chi connectivity index (χ0n) is 8.64. The van der Waals surface area contributed by atoms with Crippen molar-refractivity contribution in [2.45, 2.75) is 25.3 Å². The van der Waals surface area contributed by atoms with Crippen molar-refractivity contribution >= 4 is 16.0 Å². The fourth-order valence-corrected chi connectivity index (χ4v) is 3.17. The Balaban J connectivity index is 2.76. The Morgan fingerprint density at radius 2 is 2.20 bits per heavy atom. The topological polar surface area (TPSA) is 101 Å². The zero-order chi connectivity index (χ0) is 11.7. The van der Waals surface area contributed by atoms with Gasteiger partial charge in [0, 0.05) is 13.1 Å². The molecule has 1 aliphatic heterocycles. The van der Waals surface area contributed by atoms with Crippen LogP contribution in [0.1, 0.15) is 19.8 Å². The van der Waals surface area contributed by atoms with Crippen molar-refractivity contribution in [2.24, 2.45) is 5.73 Å². The predicted molar refractivity (Wildman–Crippen MR) is 54.8 cm³/mol. The standard InChI is InChI=1S/C8H16N2O4S/c1-2-5-15(13,14)10-4-3-8(9,6-10)7(11)12/h2-6,9H2,1H3,(H,11,12).